The molecule has 2 aliphatic heterocycles. The summed E-state index contributed by atoms with van der Waals surface area (Å²) in [6, 6.07) is 8.32. The third-order valence-corrected chi connectivity index (χ3v) is 6.60. The number of piperidine rings is 1. The van der Waals surface area contributed by atoms with Gasteiger partial charge in [0.25, 0.3) is 0 Å². The number of benzene rings is 1. The predicted molar refractivity (Wildman–Crippen MR) is 129 cm³/mol. The van der Waals surface area contributed by atoms with Gasteiger partial charge in [0.05, 0.1) is 11.9 Å². The van der Waals surface area contributed by atoms with Crippen LogP contribution < -0.4 is 20.0 Å². The monoisotopic (exact) mass is 437 g/mol. The summed E-state index contributed by atoms with van der Waals surface area (Å²) in [7, 11) is 6.21. The highest BCUT2D eigenvalue weighted by molar-refractivity contribution is 5.79. The molecule has 0 bridgehead atoms. The lowest BCUT2D eigenvalue weighted by atomic mass is 9.95. The molecule has 8 heteroatoms. The Hall–Kier alpha value is -2.87. The third-order valence-electron chi connectivity index (χ3n) is 6.60. The van der Waals surface area contributed by atoms with Gasteiger partial charge in [0.1, 0.15) is 6.33 Å². The highest BCUT2D eigenvalue weighted by Crippen LogP contribution is 2.30. The van der Waals surface area contributed by atoms with Crippen molar-refractivity contribution in [2.24, 2.45) is 5.92 Å². The number of hydrogen-bond donors (Lipinski definition) is 1. The molecule has 1 N–H and O–H groups in total. The maximum absolute atomic E-state index is 12.8. The van der Waals surface area contributed by atoms with Crippen molar-refractivity contribution in [1.29, 1.82) is 0 Å². The van der Waals surface area contributed by atoms with Crippen LogP contribution in [-0.2, 0) is 11.3 Å². The Morgan fingerprint density at radius 2 is 1.72 bits per heavy atom. The number of rotatable bonds is 6. The van der Waals surface area contributed by atoms with Gasteiger partial charge >= 0.3 is 0 Å². The number of amides is 1. The van der Waals surface area contributed by atoms with Gasteiger partial charge in [0, 0.05) is 71.5 Å². The van der Waals surface area contributed by atoms with E-state index in [4.69, 9.17) is 0 Å². The molecular formula is C24H35N7O. The molecule has 0 spiro atoms. The molecule has 3 heterocycles. The first-order chi connectivity index (χ1) is 15.5. The van der Waals surface area contributed by atoms with Crippen molar-refractivity contribution in [1.82, 2.24) is 20.2 Å². The van der Waals surface area contributed by atoms with Gasteiger partial charge in [-0.25, -0.2) is 9.97 Å². The molecule has 1 aromatic carbocycles. The molecule has 1 aromatic heterocycles. The van der Waals surface area contributed by atoms with E-state index in [0.29, 0.717) is 6.54 Å². The van der Waals surface area contributed by atoms with Crippen LogP contribution in [0.1, 0.15) is 18.4 Å². The standard InChI is InChI=1S/C24H35N7O/c1-28(2)21-6-4-19(5-7-21)16-26-24(32)20-8-10-30(11-9-20)22-17-25-18-27-23(22)31-14-12-29(3)13-15-31/h4-7,17-18,20H,8-16H2,1-3H3,(H,26,32). The van der Waals surface area contributed by atoms with Crippen molar-refractivity contribution in [3.05, 3.63) is 42.4 Å². The highest BCUT2D eigenvalue weighted by atomic mass is 16.1. The molecule has 172 valence electrons. The Balaban J connectivity index is 1.30. The van der Waals surface area contributed by atoms with Crippen LogP contribution in [-0.4, -0.2) is 81.2 Å². The van der Waals surface area contributed by atoms with E-state index < -0.39 is 0 Å². The number of aromatic nitrogens is 2. The number of carbonyl (C=O) groups is 1. The molecule has 2 aromatic rings. The van der Waals surface area contributed by atoms with Gasteiger partial charge in [-0.3, -0.25) is 4.79 Å². The number of anilines is 3. The molecule has 0 saturated carbocycles. The number of piperazine rings is 1. The number of hydrogen-bond acceptors (Lipinski definition) is 7. The zero-order valence-electron chi connectivity index (χ0n) is 19.5. The summed E-state index contributed by atoms with van der Waals surface area (Å²) >= 11 is 0. The zero-order chi connectivity index (χ0) is 22.5. The van der Waals surface area contributed by atoms with Crippen molar-refractivity contribution >= 4 is 23.1 Å². The van der Waals surface area contributed by atoms with Crippen LogP contribution in [0.25, 0.3) is 0 Å². The Morgan fingerprint density at radius 3 is 2.38 bits per heavy atom. The van der Waals surface area contributed by atoms with E-state index in [1.54, 1.807) is 6.33 Å². The van der Waals surface area contributed by atoms with E-state index >= 15 is 0 Å². The lowest BCUT2D eigenvalue weighted by Gasteiger charge is -2.38. The van der Waals surface area contributed by atoms with E-state index in [0.717, 1.165) is 74.9 Å². The minimum atomic E-state index is 0.0593. The summed E-state index contributed by atoms with van der Waals surface area (Å²) in [5.74, 6) is 1.24. The van der Waals surface area contributed by atoms with Crippen molar-refractivity contribution < 1.29 is 4.79 Å². The summed E-state index contributed by atoms with van der Waals surface area (Å²) < 4.78 is 0. The van der Waals surface area contributed by atoms with Crippen LogP contribution in [0.5, 0.6) is 0 Å². The molecule has 2 fully saturated rings. The van der Waals surface area contributed by atoms with Crippen LogP contribution in [0.4, 0.5) is 17.2 Å². The largest absolute Gasteiger partial charge is 0.378 e. The van der Waals surface area contributed by atoms with E-state index in [1.165, 1.54) is 0 Å². The number of nitrogens with one attached hydrogen (secondary N) is 1. The van der Waals surface area contributed by atoms with Crippen LogP contribution >= 0.6 is 0 Å². The molecule has 2 aliphatic rings. The minimum Gasteiger partial charge on any atom is -0.378 e. The van der Waals surface area contributed by atoms with Crippen molar-refractivity contribution in [3.63, 3.8) is 0 Å². The van der Waals surface area contributed by atoms with E-state index in [1.807, 2.05) is 20.3 Å². The predicted octanol–water partition coefficient (Wildman–Crippen LogP) is 1.83. The number of nitrogens with zero attached hydrogens (tertiary/aromatic N) is 6. The molecule has 0 aliphatic carbocycles. The molecule has 0 unspecified atom stereocenters. The molecule has 32 heavy (non-hydrogen) atoms. The second-order valence-electron chi connectivity index (χ2n) is 9.06. The summed E-state index contributed by atoms with van der Waals surface area (Å²) in [6.07, 6.45) is 5.27. The summed E-state index contributed by atoms with van der Waals surface area (Å²) in [6.45, 7) is 6.33. The molecular weight excluding hydrogens is 402 g/mol. The smallest absolute Gasteiger partial charge is 0.223 e. The first-order valence-electron chi connectivity index (χ1n) is 11.5. The SMILES string of the molecule is CN1CCN(c2ncncc2N2CCC(C(=O)NCc3ccc(N(C)C)cc3)CC2)CC1. The average molecular weight is 438 g/mol. The third kappa shape index (κ3) is 5.30. The van der Waals surface area contributed by atoms with Crippen molar-refractivity contribution in [3.8, 4) is 0 Å². The van der Waals surface area contributed by atoms with E-state index in [2.05, 4.69) is 66.2 Å². The maximum atomic E-state index is 12.8. The summed E-state index contributed by atoms with van der Waals surface area (Å²) in [5, 5.41) is 3.13. The molecule has 0 atom stereocenters. The highest BCUT2D eigenvalue weighted by Gasteiger charge is 2.28. The zero-order valence-corrected chi connectivity index (χ0v) is 19.5. The van der Waals surface area contributed by atoms with Crippen molar-refractivity contribution in [2.45, 2.75) is 19.4 Å². The summed E-state index contributed by atoms with van der Waals surface area (Å²) in [5.41, 5.74) is 3.38. The topological polar surface area (TPSA) is 67.8 Å². The Labute approximate surface area is 191 Å². The molecule has 8 nitrogen and oxygen atoms in total. The van der Waals surface area contributed by atoms with Crippen LogP contribution in [0, 0.1) is 5.92 Å². The second-order valence-corrected chi connectivity index (χ2v) is 9.06. The first kappa shape index (κ1) is 22.3. The van der Waals surface area contributed by atoms with Crippen LogP contribution in [0.2, 0.25) is 0 Å². The van der Waals surface area contributed by atoms with Gasteiger partial charge in [-0.2, -0.15) is 0 Å². The van der Waals surface area contributed by atoms with E-state index in [-0.39, 0.29) is 11.8 Å². The maximum Gasteiger partial charge on any atom is 0.223 e. The number of likely N-dealkylation sites (N-methyl/N-ethyl adjacent to an activating group) is 1. The fraction of sp³-hybridized carbons (Fsp3) is 0.542. The molecule has 1 amide bonds. The van der Waals surface area contributed by atoms with Crippen LogP contribution in [0.3, 0.4) is 0 Å². The number of carbonyl (C=O) groups excluding carboxylic acids is 1. The normalized spacial score (nSPS) is 18.0. The van der Waals surface area contributed by atoms with Gasteiger partial charge in [0.2, 0.25) is 5.91 Å². The Morgan fingerprint density at radius 1 is 1.03 bits per heavy atom. The molecule has 0 radical (unpaired) electrons. The van der Waals surface area contributed by atoms with Gasteiger partial charge in [0.15, 0.2) is 5.82 Å². The fourth-order valence-corrected chi connectivity index (χ4v) is 4.43. The minimum absolute atomic E-state index is 0.0593. The fourth-order valence-electron chi connectivity index (χ4n) is 4.43. The Kier molecular flexibility index (Phi) is 7.09. The first-order valence-corrected chi connectivity index (χ1v) is 11.5. The average Bonchev–Trinajstić information content (AvgIpc) is 2.83. The lowest BCUT2D eigenvalue weighted by molar-refractivity contribution is -0.125. The van der Waals surface area contributed by atoms with E-state index in [9.17, 15) is 4.79 Å². The van der Waals surface area contributed by atoms with Crippen molar-refractivity contribution in [2.75, 3.05) is 75.1 Å². The van der Waals surface area contributed by atoms with Gasteiger partial charge < -0.3 is 24.9 Å². The van der Waals surface area contributed by atoms with Gasteiger partial charge in [-0.05, 0) is 37.6 Å². The Bertz CT molecular complexity index is 885. The quantitative estimate of drug-likeness (QED) is 0.739. The molecule has 2 saturated heterocycles. The summed E-state index contributed by atoms with van der Waals surface area (Å²) in [4.78, 5) is 30.8. The lowest BCUT2D eigenvalue weighted by Crippen LogP contribution is -2.46. The van der Waals surface area contributed by atoms with Gasteiger partial charge in [-0.1, -0.05) is 12.1 Å². The molecule has 4 rings (SSSR count). The van der Waals surface area contributed by atoms with Crippen LogP contribution in [0.15, 0.2) is 36.8 Å². The second kappa shape index (κ2) is 10.2. The van der Waals surface area contributed by atoms with Gasteiger partial charge in [-0.15, -0.1) is 0 Å².